The normalized spacial score (nSPS) is 10.1. The second-order valence-corrected chi connectivity index (χ2v) is 5.23. The minimum absolute atomic E-state index is 0.000367. The van der Waals surface area contributed by atoms with Crippen molar-refractivity contribution in [3.05, 3.63) is 67.8 Å². The molecule has 2 amide bonds. The van der Waals surface area contributed by atoms with Gasteiger partial charge in [-0.1, -0.05) is 12.1 Å². The van der Waals surface area contributed by atoms with E-state index in [1.807, 2.05) is 0 Å². The van der Waals surface area contributed by atoms with Crippen molar-refractivity contribution < 1.29 is 14.5 Å². The average molecular weight is 364 g/mol. The second-order valence-electron chi connectivity index (χ2n) is 4.38. The summed E-state index contributed by atoms with van der Waals surface area (Å²) >= 11 is 3.21. The fourth-order valence-corrected chi connectivity index (χ4v) is 2.23. The molecule has 0 unspecified atom stereocenters. The number of nitro groups is 1. The van der Waals surface area contributed by atoms with Gasteiger partial charge in [0.15, 0.2) is 5.69 Å². The molecule has 8 heteroatoms. The van der Waals surface area contributed by atoms with Gasteiger partial charge >= 0.3 is 5.82 Å². The SMILES string of the molecule is Cc1cc(C(=O)NC(=O)c2ccccc2Br)cc([N+](=O)[O-])n1. The van der Waals surface area contributed by atoms with Gasteiger partial charge in [0.25, 0.3) is 11.8 Å². The maximum atomic E-state index is 12.1. The molecule has 0 atom stereocenters. The van der Waals surface area contributed by atoms with E-state index in [2.05, 4.69) is 26.2 Å². The predicted octanol–water partition coefficient (Wildman–Crippen LogP) is 2.63. The molecule has 1 N–H and O–H groups in total. The van der Waals surface area contributed by atoms with Crippen LogP contribution in [-0.2, 0) is 0 Å². The third-order valence-corrected chi connectivity index (χ3v) is 3.43. The van der Waals surface area contributed by atoms with E-state index in [0.29, 0.717) is 10.2 Å². The number of benzene rings is 1. The molecule has 2 rings (SSSR count). The Morgan fingerprint density at radius 1 is 1.23 bits per heavy atom. The Bertz CT molecular complexity index is 776. The zero-order valence-corrected chi connectivity index (χ0v) is 13.0. The van der Waals surface area contributed by atoms with Crippen LogP contribution in [0.1, 0.15) is 26.4 Å². The van der Waals surface area contributed by atoms with Gasteiger partial charge in [-0.3, -0.25) is 14.9 Å². The number of imide groups is 1. The fourth-order valence-electron chi connectivity index (χ4n) is 1.76. The molecule has 112 valence electrons. The van der Waals surface area contributed by atoms with Crippen molar-refractivity contribution in [3.8, 4) is 0 Å². The summed E-state index contributed by atoms with van der Waals surface area (Å²) in [4.78, 5) is 37.9. The van der Waals surface area contributed by atoms with E-state index in [1.165, 1.54) is 13.0 Å². The number of halogens is 1. The first kappa shape index (κ1) is 15.8. The highest BCUT2D eigenvalue weighted by Crippen LogP contribution is 2.16. The average Bonchev–Trinajstić information content (AvgIpc) is 2.46. The van der Waals surface area contributed by atoms with E-state index in [4.69, 9.17) is 0 Å². The highest BCUT2D eigenvalue weighted by atomic mass is 79.9. The molecule has 1 aromatic carbocycles. The van der Waals surface area contributed by atoms with E-state index < -0.39 is 22.6 Å². The van der Waals surface area contributed by atoms with Crippen LogP contribution in [0.4, 0.5) is 5.82 Å². The van der Waals surface area contributed by atoms with Crippen LogP contribution in [0.15, 0.2) is 40.9 Å². The Morgan fingerprint density at radius 2 is 1.91 bits per heavy atom. The minimum atomic E-state index is -0.727. The third-order valence-electron chi connectivity index (χ3n) is 2.73. The van der Waals surface area contributed by atoms with Gasteiger partial charge in [-0.25, -0.2) is 0 Å². The number of amides is 2. The van der Waals surface area contributed by atoms with E-state index in [0.717, 1.165) is 6.07 Å². The van der Waals surface area contributed by atoms with Crippen LogP contribution in [-0.4, -0.2) is 21.7 Å². The largest absolute Gasteiger partial charge is 0.364 e. The van der Waals surface area contributed by atoms with Gasteiger partial charge < -0.3 is 10.1 Å². The van der Waals surface area contributed by atoms with Crippen LogP contribution < -0.4 is 5.32 Å². The van der Waals surface area contributed by atoms with Gasteiger partial charge in [-0.15, -0.1) is 0 Å². The summed E-state index contributed by atoms with van der Waals surface area (Å²) in [7, 11) is 0. The molecule has 0 aliphatic heterocycles. The number of hydrogen-bond donors (Lipinski definition) is 1. The van der Waals surface area contributed by atoms with Crippen LogP contribution in [0.3, 0.4) is 0 Å². The monoisotopic (exact) mass is 363 g/mol. The summed E-state index contributed by atoms with van der Waals surface area (Å²) in [5.41, 5.74) is 0.600. The number of carbonyl (C=O) groups excluding carboxylic acids is 2. The van der Waals surface area contributed by atoms with Gasteiger partial charge in [-0.2, -0.15) is 0 Å². The maximum absolute atomic E-state index is 12.1. The van der Waals surface area contributed by atoms with Crippen LogP contribution in [0.5, 0.6) is 0 Å². The van der Waals surface area contributed by atoms with Gasteiger partial charge in [0, 0.05) is 17.5 Å². The predicted molar refractivity (Wildman–Crippen MR) is 81.6 cm³/mol. The summed E-state index contributed by atoms with van der Waals surface area (Å²) in [6.07, 6.45) is 0. The summed E-state index contributed by atoms with van der Waals surface area (Å²) in [6, 6.07) is 9.00. The molecule has 7 nitrogen and oxygen atoms in total. The number of nitrogens with zero attached hydrogens (tertiary/aromatic N) is 2. The number of carbonyl (C=O) groups is 2. The lowest BCUT2D eigenvalue weighted by Gasteiger charge is -2.06. The Labute approximate surface area is 133 Å². The number of aromatic nitrogens is 1. The Hall–Kier alpha value is -2.61. The summed E-state index contributed by atoms with van der Waals surface area (Å²) in [5, 5.41) is 12.9. The molecule has 0 spiro atoms. The molecule has 0 radical (unpaired) electrons. The summed E-state index contributed by atoms with van der Waals surface area (Å²) in [5.74, 6) is -1.78. The molecule has 22 heavy (non-hydrogen) atoms. The second kappa shape index (κ2) is 6.44. The molecule has 0 bridgehead atoms. The number of hydrogen-bond acceptors (Lipinski definition) is 5. The van der Waals surface area contributed by atoms with Crippen LogP contribution >= 0.6 is 15.9 Å². The Balaban J connectivity index is 2.24. The topological polar surface area (TPSA) is 102 Å². The quantitative estimate of drug-likeness (QED) is 0.512. The number of nitrogens with one attached hydrogen (secondary N) is 1. The van der Waals surface area contributed by atoms with Crippen molar-refractivity contribution in [2.45, 2.75) is 6.92 Å². The highest BCUT2D eigenvalue weighted by Gasteiger charge is 2.18. The first-order valence-corrected chi connectivity index (χ1v) is 6.91. The molecular weight excluding hydrogens is 354 g/mol. The van der Waals surface area contributed by atoms with Gasteiger partial charge in [-0.05, 0) is 44.0 Å². The van der Waals surface area contributed by atoms with Gasteiger partial charge in [0.1, 0.15) is 0 Å². The van der Waals surface area contributed by atoms with Gasteiger partial charge in [0.2, 0.25) is 0 Å². The minimum Gasteiger partial charge on any atom is -0.358 e. The van der Waals surface area contributed by atoms with E-state index in [1.54, 1.807) is 24.3 Å². The molecule has 0 saturated carbocycles. The van der Waals surface area contributed by atoms with Crippen molar-refractivity contribution >= 4 is 33.6 Å². The van der Waals surface area contributed by atoms with E-state index in [-0.39, 0.29) is 11.1 Å². The van der Waals surface area contributed by atoms with Crippen LogP contribution in [0, 0.1) is 17.0 Å². The van der Waals surface area contributed by atoms with E-state index >= 15 is 0 Å². The van der Waals surface area contributed by atoms with Crippen molar-refractivity contribution in [1.82, 2.24) is 10.3 Å². The molecule has 0 aliphatic rings. The van der Waals surface area contributed by atoms with Crippen molar-refractivity contribution in [2.24, 2.45) is 0 Å². The van der Waals surface area contributed by atoms with Gasteiger partial charge in [0.05, 0.1) is 11.1 Å². The molecule has 2 aromatic rings. The van der Waals surface area contributed by atoms with Crippen molar-refractivity contribution in [3.63, 3.8) is 0 Å². The fraction of sp³-hybridized carbons (Fsp3) is 0.0714. The van der Waals surface area contributed by atoms with Crippen molar-refractivity contribution in [2.75, 3.05) is 0 Å². The Morgan fingerprint density at radius 3 is 2.55 bits per heavy atom. The lowest BCUT2D eigenvalue weighted by atomic mass is 10.2. The standard InChI is InChI=1S/C14H10BrN3O4/c1-8-6-9(7-12(16-8)18(21)22)13(19)17-14(20)10-4-2-3-5-11(10)15/h2-7H,1H3,(H,17,19,20). The number of pyridine rings is 1. The number of aryl methyl sites for hydroxylation is 1. The zero-order valence-electron chi connectivity index (χ0n) is 11.4. The smallest absolute Gasteiger partial charge is 0.358 e. The highest BCUT2D eigenvalue weighted by molar-refractivity contribution is 9.10. The molecule has 0 saturated heterocycles. The molecule has 1 heterocycles. The maximum Gasteiger partial charge on any atom is 0.364 e. The lowest BCUT2D eigenvalue weighted by molar-refractivity contribution is -0.389. The first-order valence-electron chi connectivity index (χ1n) is 6.12. The summed E-state index contributed by atoms with van der Waals surface area (Å²) in [6.45, 7) is 1.53. The number of rotatable bonds is 3. The summed E-state index contributed by atoms with van der Waals surface area (Å²) < 4.78 is 0.539. The first-order chi connectivity index (χ1) is 10.4. The van der Waals surface area contributed by atoms with Crippen molar-refractivity contribution in [1.29, 1.82) is 0 Å². The molecule has 0 fully saturated rings. The third kappa shape index (κ3) is 3.53. The lowest BCUT2D eigenvalue weighted by Crippen LogP contribution is -2.30. The zero-order chi connectivity index (χ0) is 16.3. The van der Waals surface area contributed by atoms with Crippen LogP contribution in [0.2, 0.25) is 0 Å². The van der Waals surface area contributed by atoms with E-state index in [9.17, 15) is 19.7 Å². The molecule has 1 aromatic heterocycles. The molecular formula is C14H10BrN3O4. The molecule has 0 aliphatic carbocycles. The van der Waals surface area contributed by atoms with Crippen LogP contribution in [0.25, 0.3) is 0 Å². The Kier molecular flexibility index (Phi) is 4.62.